The van der Waals surface area contributed by atoms with Crippen LogP contribution in [0.15, 0.2) is 66.7 Å². The van der Waals surface area contributed by atoms with Crippen LogP contribution in [-0.2, 0) is 22.3 Å². The van der Waals surface area contributed by atoms with Gasteiger partial charge in [0.2, 0.25) is 0 Å². The first-order valence-electron chi connectivity index (χ1n) is 13.1. The molecule has 3 aromatic rings. The molecule has 0 saturated heterocycles. The van der Waals surface area contributed by atoms with Gasteiger partial charge in [0, 0.05) is 6.04 Å². The second-order valence-electron chi connectivity index (χ2n) is 11.0. The van der Waals surface area contributed by atoms with Gasteiger partial charge in [-0.15, -0.1) is 0 Å². The molecule has 38 heavy (non-hydrogen) atoms. The molecule has 200 valence electrons. The number of fused-ring (bicyclic) bond motifs is 1. The molecule has 3 aromatic carbocycles. The van der Waals surface area contributed by atoms with E-state index in [1.165, 1.54) is 18.2 Å². The topological polar surface area (TPSA) is 76.1 Å². The van der Waals surface area contributed by atoms with Crippen LogP contribution < -0.4 is 0 Å². The number of nitrogens with zero attached hydrogens (tertiary/aromatic N) is 1. The maximum Gasteiger partial charge on any atom is 0.410 e. The quantitative estimate of drug-likeness (QED) is 0.391. The molecular formula is C32H37NO5. The Morgan fingerprint density at radius 1 is 0.974 bits per heavy atom. The zero-order valence-corrected chi connectivity index (χ0v) is 22.9. The molecule has 0 fully saturated rings. The van der Waals surface area contributed by atoms with Gasteiger partial charge >= 0.3 is 12.1 Å². The summed E-state index contributed by atoms with van der Waals surface area (Å²) < 4.78 is 10.6. The van der Waals surface area contributed by atoms with Crippen LogP contribution in [0, 0.1) is 6.92 Å². The number of carbonyl (C=O) groups excluding carboxylic acids is 2. The number of aliphatic hydroxyl groups is 1. The second-order valence-corrected chi connectivity index (χ2v) is 11.0. The number of hydrogen-bond donors (Lipinski definition) is 1. The van der Waals surface area contributed by atoms with Crippen LogP contribution in [-0.4, -0.2) is 47.4 Å². The Hall–Kier alpha value is -3.64. The van der Waals surface area contributed by atoms with E-state index >= 15 is 0 Å². The minimum Gasteiger partial charge on any atom is -0.465 e. The highest BCUT2D eigenvalue weighted by Gasteiger charge is 2.33. The van der Waals surface area contributed by atoms with Crippen molar-refractivity contribution in [1.82, 2.24) is 4.90 Å². The monoisotopic (exact) mass is 515 g/mol. The summed E-state index contributed by atoms with van der Waals surface area (Å²) in [7, 11) is 1.37. The number of esters is 1. The van der Waals surface area contributed by atoms with E-state index in [4.69, 9.17) is 9.47 Å². The second kappa shape index (κ2) is 11.4. The van der Waals surface area contributed by atoms with Gasteiger partial charge in [-0.3, -0.25) is 0 Å². The van der Waals surface area contributed by atoms with E-state index < -0.39 is 17.8 Å². The zero-order valence-electron chi connectivity index (χ0n) is 22.9. The molecule has 2 unspecified atom stereocenters. The van der Waals surface area contributed by atoms with Crippen LogP contribution in [0.1, 0.15) is 65.9 Å². The number of aliphatic hydroxyl groups excluding tert-OH is 1. The first-order valence-corrected chi connectivity index (χ1v) is 13.1. The molecule has 0 bridgehead atoms. The molecule has 0 aromatic heterocycles. The lowest BCUT2D eigenvalue weighted by Gasteiger charge is -2.37. The third-order valence-corrected chi connectivity index (χ3v) is 6.95. The third kappa shape index (κ3) is 6.62. The summed E-state index contributed by atoms with van der Waals surface area (Å²) in [6.45, 7) is 7.73. The highest BCUT2D eigenvalue weighted by atomic mass is 16.6. The normalized spacial score (nSPS) is 15.8. The van der Waals surface area contributed by atoms with Gasteiger partial charge in [-0.25, -0.2) is 9.59 Å². The van der Waals surface area contributed by atoms with Gasteiger partial charge in [0.05, 0.1) is 25.3 Å². The van der Waals surface area contributed by atoms with Gasteiger partial charge in [0.25, 0.3) is 0 Å². The van der Waals surface area contributed by atoms with Gasteiger partial charge in [0.15, 0.2) is 0 Å². The fourth-order valence-corrected chi connectivity index (χ4v) is 4.87. The summed E-state index contributed by atoms with van der Waals surface area (Å²) in [5, 5.41) is 11.0. The van der Waals surface area contributed by atoms with Crippen LogP contribution in [0.4, 0.5) is 4.79 Å². The Bertz CT molecular complexity index is 1270. The van der Waals surface area contributed by atoms with Crippen LogP contribution in [0.2, 0.25) is 0 Å². The molecule has 0 radical (unpaired) electrons. The summed E-state index contributed by atoms with van der Waals surface area (Å²) in [5.41, 5.74) is 6.25. The van der Waals surface area contributed by atoms with Crippen molar-refractivity contribution >= 4 is 12.1 Å². The summed E-state index contributed by atoms with van der Waals surface area (Å²) in [5.74, 6) is -0.361. The van der Waals surface area contributed by atoms with E-state index in [0.717, 1.165) is 35.1 Å². The third-order valence-electron chi connectivity index (χ3n) is 6.95. The van der Waals surface area contributed by atoms with Crippen molar-refractivity contribution in [3.63, 3.8) is 0 Å². The van der Waals surface area contributed by atoms with Crippen molar-refractivity contribution in [2.45, 2.75) is 64.7 Å². The van der Waals surface area contributed by atoms with Gasteiger partial charge in [-0.05, 0) is 86.9 Å². The summed E-state index contributed by atoms with van der Waals surface area (Å²) in [4.78, 5) is 26.8. The van der Waals surface area contributed by atoms with Gasteiger partial charge in [-0.2, -0.15) is 0 Å². The molecule has 4 rings (SSSR count). The number of carbonyl (C=O) groups is 2. The van der Waals surface area contributed by atoms with Gasteiger partial charge < -0.3 is 19.5 Å². The van der Waals surface area contributed by atoms with Crippen LogP contribution in [0.5, 0.6) is 0 Å². The molecule has 0 aliphatic heterocycles. The molecule has 2 atom stereocenters. The van der Waals surface area contributed by atoms with E-state index in [-0.39, 0.29) is 18.6 Å². The molecule has 0 heterocycles. The Morgan fingerprint density at radius 2 is 1.63 bits per heavy atom. The van der Waals surface area contributed by atoms with Crippen molar-refractivity contribution < 1.29 is 24.2 Å². The fraction of sp³-hybridized carbons (Fsp3) is 0.375. The van der Waals surface area contributed by atoms with Crippen molar-refractivity contribution in [2.24, 2.45) is 0 Å². The van der Waals surface area contributed by atoms with Gasteiger partial charge in [-0.1, -0.05) is 60.2 Å². The molecule has 0 saturated carbocycles. The summed E-state index contributed by atoms with van der Waals surface area (Å²) in [6.07, 6.45) is 1.07. The number of ether oxygens (including phenoxy) is 2. The minimum absolute atomic E-state index is 0.102. The Kier molecular flexibility index (Phi) is 8.22. The maximum atomic E-state index is 13.3. The number of hydrogen-bond acceptors (Lipinski definition) is 5. The Balaban J connectivity index is 1.58. The largest absolute Gasteiger partial charge is 0.465 e. The highest BCUT2D eigenvalue weighted by molar-refractivity contribution is 5.90. The van der Waals surface area contributed by atoms with E-state index in [1.807, 2.05) is 64.1 Å². The number of amides is 1. The smallest absolute Gasteiger partial charge is 0.410 e. The average molecular weight is 516 g/mol. The number of benzene rings is 3. The van der Waals surface area contributed by atoms with Crippen LogP contribution in [0.3, 0.4) is 0 Å². The molecule has 6 heteroatoms. The lowest BCUT2D eigenvalue weighted by molar-refractivity contribution is 0.00194. The first-order chi connectivity index (χ1) is 18.0. The standard InChI is InChI=1S/C32H37NO5/c1-21-6-8-24(9-7-21)29(34)20-33(31(36)38-32(2,3)4)28-17-16-23-12-15-26(18-27(23)19-28)22-10-13-25(14-11-22)30(35)37-5/h6-15,18,28-29,34H,16-17,19-20H2,1-5H3. The van der Waals surface area contributed by atoms with Crippen molar-refractivity contribution in [3.05, 3.63) is 94.5 Å². The van der Waals surface area contributed by atoms with E-state index in [2.05, 4.69) is 18.2 Å². The van der Waals surface area contributed by atoms with Crippen LogP contribution in [0.25, 0.3) is 11.1 Å². The van der Waals surface area contributed by atoms with Crippen LogP contribution >= 0.6 is 0 Å². The maximum absolute atomic E-state index is 13.3. The zero-order chi connectivity index (χ0) is 27.4. The van der Waals surface area contributed by atoms with E-state index in [1.54, 1.807) is 17.0 Å². The SMILES string of the molecule is COC(=O)c1ccc(-c2ccc3c(c2)CC(N(CC(O)c2ccc(C)cc2)C(=O)OC(C)(C)C)CC3)cc1. The van der Waals surface area contributed by atoms with Crippen molar-refractivity contribution in [2.75, 3.05) is 13.7 Å². The average Bonchev–Trinajstić information content (AvgIpc) is 2.90. The molecular weight excluding hydrogens is 478 g/mol. The fourth-order valence-electron chi connectivity index (χ4n) is 4.87. The highest BCUT2D eigenvalue weighted by Crippen LogP contribution is 2.31. The van der Waals surface area contributed by atoms with Crippen molar-refractivity contribution in [1.29, 1.82) is 0 Å². The lowest BCUT2D eigenvalue weighted by Crippen LogP contribution is -2.47. The molecule has 1 aliphatic rings. The molecule has 1 amide bonds. The van der Waals surface area contributed by atoms with E-state index in [9.17, 15) is 14.7 Å². The van der Waals surface area contributed by atoms with Gasteiger partial charge in [0.1, 0.15) is 5.60 Å². The lowest BCUT2D eigenvalue weighted by atomic mass is 9.85. The minimum atomic E-state index is -0.816. The first kappa shape index (κ1) is 27.4. The molecule has 6 nitrogen and oxygen atoms in total. The van der Waals surface area contributed by atoms with E-state index in [0.29, 0.717) is 12.0 Å². The Labute approximate surface area is 225 Å². The predicted octanol–water partition coefficient (Wildman–Crippen LogP) is 6.28. The molecule has 1 N–H and O–H groups in total. The summed E-state index contributed by atoms with van der Waals surface area (Å²) in [6, 6.07) is 21.4. The van der Waals surface area contributed by atoms with Crippen molar-refractivity contribution in [3.8, 4) is 11.1 Å². The Morgan fingerprint density at radius 3 is 2.26 bits per heavy atom. The molecule has 1 aliphatic carbocycles. The number of aryl methyl sites for hydroxylation is 2. The number of rotatable bonds is 6. The predicted molar refractivity (Wildman–Crippen MR) is 148 cm³/mol. The molecule has 0 spiro atoms. The number of methoxy groups -OCH3 is 1. The summed E-state index contributed by atoms with van der Waals surface area (Å²) >= 11 is 0.